The molecule has 2 aliphatic rings. The Morgan fingerprint density at radius 2 is 1.57 bits per heavy atom. The molecule has 2 aromatic carbocycles. The Labute approximate surface area is 167 Å². The van der Waals surface area contributed by atoms with E-state index in [0.29, 0.717) is 16.4 Å². The summed E-state index contributed by atoms with van der Waals surface area (Å²) >= 11 is 6.05. The summed E-state index contributed by atoms with van der Waals surface area (Å²) in [4.78, 5) is 12.7. The van der Waals surface area contributed by atoms with E-state index in [2.05, 4.69) is 10.6 Å². The number of amides is 1. The molecule has 1 amide bonds. The number of nitrogens with two attached hydrogens (primary N) is 1. The molecule has 4 rings (SSSR count). The molecule has 1 atom stereocenters. The third-order valence-electron chi connectivity index (χ3n) is 5.92. The first-order valence-electron chi connectivity index (χ1n) is 9.51. The summed E-state index contributed by atoms with van der Waals surface area (Å²) in [6.07, 6.45) is 4.95. The number of primary amides is 1. The highest BCUT2D eigenvalue weighted by atomic mass is 35.5. The molecule has 4 N–H and O–H groups in total. The number of hydrogen-bond acceptors (Lipinski definition) is 3. The van der Waals surface area contributed by atoms with Gasteiger partial charge in [-0.05, 0) is 36.5 Å². The molecule has 0 radical (unpaired) electrons. The monoisotopic (exact) mass is 405 g/mol. The number of hydrogen-bond donors (Lipinski definition) is 3. The Balaban J connectivity index is 1.84. The largest absolute Gasteiger partial charge is 0.369 e. The van der Waals surface area contributed by atoms with Crippen molar-refractivity contribution in [2.75, 3.05) is 10.6 Å². The van der Waals surface area contributed by atoms with Gasteiger partial charge in [0.2, 0.25) is 5.91 Å². The van der Waals surface area contributed by atoms with E-state index in [4.69, 9.17) is 17.3 Å². The lowest BCUT2D eigenvalue weighted by Crippen LogP contribution is -2.54. The Kier molecular flexibility index (Phi) is 4.91. The van der Waals surface area contributed by atoms with Crippen molar-refractivity contribution in [3.8, 4) is 0 Å². The van der Waals surface area contributed by atoms with Gasteiger partial charge >= 0.3 is 0 Å². The molecule has 1 fully saturated rings. The summed E-state index contributed by atoms with van der Waals surface area (Å²) in [5.41, 5.74) is 6.34. The first-order chi connectivity index (χ1) is 13.4. The average molecular weight is 406 g/mol. The van der Waals surface area contributed by atoms with Gasteiger partial charge < -0.3 is 16.4 Å². The molecular formula is C21H22ClF2N3O. The summed E-state index contributed by atoms with van der Waals surface area (Å²) in [6.45, 7) is 0. The van der Waals surface area contributed by atoms with Crippen molar-refractivity contribution in [1.82, 2.24) is 0 Å². The lowest BCUT2D eigenvalue weighted by atomic mass is 9.71. The van der Waals surface area contributed by atoms with Crippen LogP contribution in [0, 0.1) is 23.5 Å². The fraction of sp³-hybridized carbons (Fsp3) is 0.381. The van der Waals surface area contributed by atoms with Gasteiger partial charge in [0.15, 0.2) is 11.6 Å². The van der Waals surface area contributed by atoms with Gasteiger partial charge in [-0.2, -0.15) is 0 Å². The number of anilines is 2. The fourth-order valence-corrected chi connectivity index (χ4v) is 4.79. The lowest BCUT2D eigenvalue weighted by molar-refractivity contribution is -0.125. The molecule has 4 nitrogen and oxygen atoms in total. The van der Waals surface area contributed by atoms with Crippen molar-refractivity contribution < 1.29 is 13.6 Å². The molecule has 28 heavy (non-hydrogen) atoms. The molecule has 0 aromatic heterocycles. The van der Waals surface area contributed by atoms with Gasteiger partial charge in [0.25, 0.3) is 0 Å². The minimum atomic E-state index is -1.10. The summed E-state index contributed by atoms with van der Waals surface area (Å²) in [7, 11) is 0. The van der Waals surface area contributed by atoms with E-state index in [1.54, 1.807) is 24.3 Å². The molecule has 148 valence electrons. The molecule has 1 aliphatic carbocycles. The quantitative estimate of drug-likeness (QED) is 0.671. The number of carbonyl (C=O) groups is 1. The predicted molar refractivity (Wildman–Crippen MR) is 106 cm³/mol. The second-order valence-electron chi connectivity index (χ2n) is 7.65. The molecular weight excluding hydrogens is 384 g/mol. The van der Waals surface area contributed by atoms with Gasteiger partial charge in [-0.25, -0.2) is 8.78 Å². The second kappa shape index (κ2) is 7.24. The van der Waals surface area contributed by atoms with Crippen LogP contribution < -0.4 is 16.4 Å². The number of rotatable bonds is 4. The molecule has 1 saturated carbocycles. The molecule has 1 unspecified atom stereocenters. The summed E-state index contributed by atoms with van der Waals surface area (Å²) in [6, 6.07) is 9.28. The molecule has 0 bridgehead atoms. The zero-order chi connectivity index (χ0) is 19.9. The maximum atomic E-state index is 13.8. The number of nitrogens with one attached hydrogen (secondary N) is 2. The zero-order valence-corrected chi connectivity index (χ0v) is 16.0. The van der Waals surface area contributed by atoms with Crippen LogP contribution in [-0.2, 0) is 10.5 Å². The van der Waals surface area contributed by atoms with Gasteiger partial charge in [0, 0.05) is 17.2 Å². The van der Waals surface area contributed by atoms with Crippen molar-refractivity contribution in [3.05, 3.63) is 58.6 Å². The van der Waals surface area contributed by atoms with Gasteiger partial charge in [0.05, 0.1) is 17.3 Å². The molecule has 2 aromatic rings. The van der Waals surface area contributed by atoms with Gasteiger partial charge in [-0.15, -0.1) is 0 Å². The first kappa shape index (κ1) is 19.0. The molecule has 0 saturated heterocycles. The van der Waals surface area contributed by atoms with E-state index in [1.807, 2.05) is 0 Å². The van der Waals surface area contributed by atoms with Crippen LogP contribution >= 0.6 is 11.6 Å². The van der Waals surface area contributed by atoms with Crippen molar-refractivity contribution in [2.45, 2.75) is 37.8 Å². The first-order valence-corrected chi connectivity index (χ1v) is 9.89. The smallest absolute Gasteiger partial charge is 0.225 e. The van der Waals surface area contributed by atoms with Crippen molar-refractivity contribution >= 4 is 28.9 Å². The van der Waals surface area contributed by atoms with Gasteiger partial charge in [-0.3, -0.25) is 4.79 Å². The van der Waals surface area contributed by atoms with Crippen LogP contribution in [0.3, 0.4) is 0 Å². The maximum Gasteiger partial charge on any atom is 0.225 e. The lowest BCUT2D eigenvalue weighted by Gasteiger charge is -2.42. The van der Waals surface area contributed by atoms with Crippen LogP contribution in [0.5, 0.6) is 0 Å². The number of halogens is 3. The van der Waals surface area contributed by atoms with E-state index >= 15 is 0 Å². The standard InChI is InChI=1S/C21H22ClF2N3O/c22-14-8-6-13(7-9-14)21(19(20(25)28)12-4-2-1-3-5-12)26-17-10-15(23)16(24)11-18(17)27-21/h6-12,19,26-27H,1-5H2,(H2,25,28). The highest BCUT2D eigenvalue weighted by Crippen LogP contribution is 2.49. The van der Waals surface area contributed by atoms with Crippen LogP contribution in [0.4, 0.5) is 20.2 Å². The topological polar surface area (TPSA) is 67.2 Å². The van der Waals surface area contributed by atoms with Crippen LogP contribution in [0.15, 0.2) is 36.4 Å². The second-order valence-corrected chi connectivity index (χ2v) is 8.09. The Morgan fingerprint density at radius 3 is 2.07 bits per heavy atom. The summed E-state index contributed by atoms with van der Waals surface area (Å²) in [5.74, 6) is -2.89. The van der Waals surface area contributed by atoms with E-state index in [1.165, 1.54) is 0 Å². The van der Waals surface area contributed by atoms with Crippen LogP contribution in [0.1, 0.15) is 37.7 Å². The SMILES string of the molecule is NC(=O)C(C1CCCCC1)C1(c2ccc(Cl)cc2)Nc2cc(F)c(F)cc2N1. The molecule has 7 heteroatoms. The highest BCUT2D eigenvalue weighted by Gasteiger charge is 2.51. The Bertz CT molecular complexity index is 866. The van der Waals surface area contributed by atoms with Crippen molar-refractivity contribution in [2.24, 2.45) is 17.6 Å². The van der Waals surface area contributed by atoms with Gasteiger partial charge in [0.1, 0.15) is 5.66 Å². The number of fused-ring (bicyclic) bond motifs is 1. The fourth-order valence-electron chi connectivity index (χ4n) is 4.67. The van der Waals surface area contributed by atoms with Crippen LogP contribution in [0.25, 0.3) is 0 Å². The minimum Gasteiger partial charge on any atom is -0.369 e. The third kappa shape index (κ3) is 3.20. The Hall–Kier alpha value is -2.34. The number of carbonyl (C=O) groups excluding carboxylic acids is 1. The van der Waals surface area contributed by atoms with E-state index < -0.39 is 29.1 Å². The van der Waals surface area contributed by atoms with Crippen LogP contribution in [0.2, 0.25) is 5.02 Å². The Morgan fingerprint density at radius 1 is 1.04 bits per heavy atom. The van der Waals surface area contributed by atoms with E-state index in [9.17, 15) is 13.6 Å². The average Bonchev–Trinajstić information content (AvgIpc) is 3.02. The van der Waals surface area contributed by atoms with E-state index in [0.717, 1.165) is 49.8 Å². The van der Waals surface area contributed by atoms with Crippen molar-refractivity contribution in [1.29, 1.82) is 0 Å². The number of benzene rings is 2. The maximum absolute atomic E-state index is 13.8. The minimum absolute atomic E-state index is 0.0611. The normalized spacial score (nSPS) is 19.4. The summed E-state index contributed by atoms with van der Waals surface area (Å²) < 4.78 is 27.7. The molecule has 1 aliphatic heterocycles. The zero-order valence-electron chi connectivity index (χ0n) is 15.3. The molecule has 1 heterocycles. The van der Waals surface area contributed by atoms with Crippen LogP contribution in [-0.4, -0.2) is 5.91 Å². The summed E-state index contributed by atoms with van der Waals surface area (Å²) in [5, 5.41) is 7.09. The van der Waals surface area contributed by atoms with Crippen molar-refractivity contribution in [3.63, 3.8) is 0 Å². The predicted octanol–water partition coefficient (Wildman–Crippen LogP) is 4.99. The van der Waals surface area contributed by atoms with E-state index in [-0.39, 0.29) is 5.92 Å². The highest BCUT2D eigenvalue weighted by molar-refractivity contribution is 6.30. The third-order valence-corrected chi connectivity index (χ3v) is 6.17. The van der Waals surface area contributed by atoms with Gasteiger partial charge in [-0.1, -0.05) is 43.0 Å². The molecule has 0 spiro atoms.